The third kappa shape index (κ3) is 1.99. The van der Waals surface area contributed by atoms with E-state index in [-0.39, 0.29) is 5.91 Å². The SMILES string of the molecule is CC(NCC(N)=O)C12CC3CC(CC(C3)C1)C2. The molecular formula is C14H24N2O. The number of nitrogens with two attached hydrogens (primary N) is 1. The summed E-state index contributed by atoms with van der Waals surface area (Å²) in [4.78, 5) is 10.9. The lowest BCUT2D eigenvalue weighted by Gasteiger charge is -2.59. The van der Waals surface area contributed by atoms with Crippen LogP contribution in [-0.2, 0) is 4.79 Å². The fourth-order valence-corrected chi connectivity index (χ4v) is 5.18. The largest absolute Gasteiger partial charge is 0.369 e. The maximum absolute atomic E-state index is 10.9. The van der Waals surface area contributed by atoms with Gasteiger partial charge in [-0.3, -0.25) is 4.79 Å². The van der Waals surface area contributed by atoms with Gasteiger partial charge in [-0.2, -0.15) is 0 Å². The van der Waals surface area contributed by atoms with Crippen molar-refractivity contribution >= 4 is 5.91 Å². The Bertz CT molecular complexity index is 291. The molecule has 1 unspecified atom stereocenters. The van der Waals surface area contributed by atoms with Crippen molar-refractivity contribution in [3.8, 4) is 0 Å². The van der Waals surface area contributed by atoms with Crippen LogP contribution in [0.5, 0.6) is 0 Å². The predicted molar refractivity (Wildman–Crippen MR) is 67.3 cm³/mol. The van der Waals surface area contributed by atoms with E-state index in [1.807, 2.05) is 0 Å². The molecule has 4 aliphatic carbocycles. The molecule has 1 amide bonds. The minimum absolute atomic E-state index is 0.235. The van der Waals surface area contributed by atoms with Gasteiger partial charge in [0.1, 0.15) is 0 Å². The van der Waals surface area contributed by atoms with Gasteiger partial charge in [0, 0.05) is 6.04 Å². The Morgan fingerprint density at radius 3 is 2.12 bits per heavy atom. The number of rotatable bonds is 4. The third-order valence-electron chi connectivity index (χ3n) is 5.59. The highest BCUT2D eigenvalue weighted by Crippen LogP contribution is 2.61. The second-order valence-corrected chi connectivity index (χ2v) is 6.85. The first kappa shape index (κ1) is 11.5. The van der Waals surface area contributed by atoms with E-state index >= 15 is 0 Å². The van der Waals surface area contributed by atoms with Crippen molar-refractivity contribution in [3.05, 3.63) is 0 Å². The zero-order chi connectivity index (χ0) is 12.0. The van der Waals surface area contributed by atoms with E-state index in [0.29, 0.717) is 18.0 Å². The first-order valence-corrected chi connectivity index (χ1v) is 7.09. The molecule has 96 valence electrons. The Balaban J connectivity index is 1.70. The molecule has 0 aromatic heterocycles. The number of carbonyl (C=O) groups is 1. The number of nitrogens with one attached hydrogen (secondary N) is 1. The van der Waals surface area contributed by atoms with Crippen molar-refractivity contribution < 1.29 is 4.79 Å². The number of primary amides is 1. The molecule has 0 radical (unpaired) electrons. The summed E-state index contributed by atoms with van der Waals surface area (Å²) in [6.45, 7) is 2.60. The van der Waals surface area contributed by atoms with Crippen molar-refractivity contribution in [1.82, 2.24) is 5.32 Å². The van der Waals surface area contributed by atoms with E-state index in [1.54, 1.807) is 0 Å². The van der Waals surface area contributed by atoms with Gasteiger partial charge < -0.3 is 11.1 Å². The van der Waals surface area contributed by atoms with Crippen molar-refractivity contribution in [2.45, 2.75) is 51.5 Å². The molecule has 0 aromatic carbocycles. The van der Waals surface area contributed by atoms with Crippen LogP contribution in [0.15, 0.2) is 0 Å². The van der Waals surface area contributed by atoms with Gasteiger partial charge in [0.25, 0.3) is 0 Å². The van der Waals surface area contributed by atoms with E-state index in [4.69, 9.17) is 5.73 Å². The Hall–Kier alpha value is -0.570. The highest BCUT2D eigenvalue weighted by atomic mass is 16.1. The maximum Gasteiger partial charge on any atom is 0.231 e. The third-order valence-corrected chi connectivity index (χ3v) is 5.59. The molecule has 0 saturated heterocycles. The smallest absolute Gasteiger partial charge is 0.231 e. The van der Waals surface area contributed by atoms with Gasteiger partial charge >= 0.3 is 0 Å². The summed E-state index contributed by atoms with van der Waals surface area (Å²) in [6, 6.07) is 0.448. The van der Waals surface area contributed by atoms with E-state index < -0.39 is 0 Å². The fourth-order valence-electron chi connectivity index (χ4n) is 5.18. The molecule has 4 saturated carbocycles. The second kappa shape index (κ2) is 3.98. The van der Waals surface area contributed by atoms with Crippen molar-refractivity contribution in [2.75, 3.05) is 6.54 Å². The molecule has 3 N–H and O–H groups in total. The Kier molecular flexibility index (Phi) is 2.69. The molecule has 4 fully saturated rings. The van der Waals surface area contributed by atoms with Crippen molar-refractivity contribution in [3.63, 3.8) is 0 Å². The maximum atomic E-state index is 10.9. The summed E-state index contributed by atoms with van der Waals surface area (Å²) < 4.78 is 0. The first-order chi connectivity index (χ1) is 8.07. The van der Waals surface area contributed by atoms with E-state index in [0.717, 1.165) is 17.8 Å². The zero-order valence-corrected chi connectivity index (χ0v) is 10.7. The lowest BCUT2D eigenvalue weighted by atomic mass is 9.48. The number of hydrogen-bond donors (Lipinski definition) is 2. The van der Waals surface area contributed by atoms with Crippen LogP contribution in [0.2, 0.25) is 0 Å². The van der Waals surface area contributed by atoms with Gasteiger partial charge in [-0.25, -0.2) is 0 Å². The Labute approximate surface area is 104 Å². The van der Waals surface area contributed by atoms with E-state index in [2.05, 4.69) is 12.2 Å². The molecule has 3 nitrogen and oxygen atoms in total. The van der Waals surface area contributed by atoms with Crippen LogP contribution < -0.4 is 11.1 Å². The standard InChI is InChI=1S/C14H24N2O/c1-9(16-8-13(15)17)14-5-10-2-11(6-14)4-12(3-10)7-14/h9-12,16H,2-8H2,1H3,(H2,15,17). The number of hydrogen-bond acceptors (Lipinski definition) is 2. The van der Waals surface area contributed by atoms with Crippen LogP contribution in [-0.4, -0.2) is 18.5 Å². The molecule has 0 spiro atoms. The molecule has 0 aliphatic heterocycles. The van der Waals surface area contributed by atoms with E-state index in [9.17, 15) is 4.79 Å². The zero-order valence-electron chi connectivity index (χ0n) is 10.7. The predicted octanol–water partition coefficient (Wildman–Crippen LogP) is 1.67. The van der Waals surface area contributed by atoms with Gasteiger partial charge in [-0.05, 0) is 68.6 Å². The normalized spacial score (nSPS) is 44.9. The molecule has 0 aromatic rings. The lowest BCUT2D eigenvalue weighted by Crippen LogP contribution is -2.55. The van der Waals surface area contributed by atoms with Gasteiger partial charge in [0.05, 0.1) is 6.54 Å². The van der Waals surface area contributed by atoms with Gasteiger partial charge in [-0.15, -0.1) is 0 Å². The summed E-state index contributed by atoms with van der Waals surface area (Å²) in [5.74, 6) is 2.68. The topological polar surface area (TPSA) is 55.1 Å². The average molecular weight is 236 g/mol. The average Bonchev–Trinajstić information content (AvgIpc) is 2.23. The van der Waals surface area contributed by atoms with Gasteiger partial charge in [0.15, 0.2) is 0 Å². The summed E-state index contributed by atoms with van der Waals surface area (Å²) in [5, 5.41) is 3.36. The minimum atomic E-state index is -0.235. The Morgan fingerprint density at radius 2 is 1.71 bits per heavy atom. The minimum Gasteiger partial charge on any atom is -0.369 e. The summed E-state index contributed by atoms with van der Waals surface area (Å²) in [5.41, 5.74) is 5.71. The highest BCUT2D eigenvalue weighted by Gasteiger charge is 2.52. The van der Waals surface area contributed by atoms with Gasteiger partial charge in [0.2, 0.25) is 5.91 Å². The summed E-state index contributed by atoms with van der Waals surface area (Å²) >= 11 is 0. The monoisotopic (exact) mass is 236 g/mol. The van der Waals surface area contributed by atoms with Crippen LogP contribution in [0, 0.1) is 23.2 Å². The van der Waals surface area contributed by atoms with Crippen LogP contribution in [0.1, 0.15) is 45.4 Å². The molecule has 3 heteroatoms. The van der Waals surface area contributed by atoms with Crippen LogP contribution in [0.4, 0.5) is 0 Å². The highest BCUT2D eigenvalue weighted by molar-refractivity contribution is 5.75. The number of amides is 1. The van der Waals surface area contributed by atoms with E-state index in [1.165, 1.54) is 38.5 Å². The molecule has 17 heavy (non-hydrogen) atoms. The van der Waals surface area contributed by atoms with Crippen molar-refractivity contribution in [1.29, 1.82) is 0 Å². The molecular weight excluding hydrogens is 212 g/mol. The van der Waals surface area contributed by atoms with Gasteiger partial charge in [-0.1, -0.05) is 0 Å². The molecule has 4 rings (SSSR count). The second-order valence-electron chi connectivity index (χ2n) is 6.85. The Morgan fingerprint density at radius 1 is 1.24 bits per heavy atom. The molecule has 4 aliphatic rings. The van der Waals surface area contributed by atoms with Crippen LogP contribution in [0.25, 0.3) is 0 Å². The first-order valence-electron chi connectivity index (χ1n) is 7.09. The lowest BCUT2D eigenvalue weighted by molar-refractivity contribution is -0.118. The van der Waals surface area contributed by atoms with Crippen LogP contribution >= 0.6 is 0 Å². The summed E-state index contributed by atoms with van der Waals surface area (Å²) in [6.07, 6.45) is 8.56. The molecule has 4 bridgehead atoms. The molecule has 1 atom stereocenters. The number of carbonyl (C=O) groups excluding carboxylic acids is 1. The van der Waals surface area contributed by atoms with Crippen LogP contribution in [0.3, 0.4) is 0 Å². The quantitative estimate of drug-likeness (QED) is 0.780. The van der Waals surface area contributed by atoms with Crippen molar-refractivity contribution in [2.24, 2.45) is 28.9 Å². The summed E-state index contributed by atoms with van der Waals surface area (Å²) in [7, 11) is 0. The fraction of sp³-hybridized carbons (Fsp3) is 0.929. The molecule has 0 heterocycles.